The van der Waals surface area contributed by atoms with Crippen LogP contribution in [0, 0.1) is 17.8 Å². The predicted octanol–water partition coefficient (Wildman–Crippen LogP) is 5.73. The van der Waals surface area contributed by atoms with Gasteiger partial charge in [-0.2, -0.15) is 26.3 Å². The Labute approximate surface area is 365 Å². The van der Waals surface area contributed by atoms with Crippen LogP contribution in [0.2, 0.25) is 0 Å². The van der Waals surface area contributed by atoms with Crippen molar-refractivity contribution in [2.75, 3.05) is 20.8 Å². The first kappa shape index (κ1) is 48.4. The van der Waals surface area contributed by atoms with Crippen molar-refractivity contribution in [3.63, 3.8) is 0 Å². The number of halogens is 6. The van der Waals surface area contributed by atoms with Crippen molar-refractivity contribution in [1.29, 1.82) is 0 Å². The van der Waals surface area contributed by atoms with Crippen LogP contribution in [0.3, 0.4) is 0 Å². The molecule has 1 aromatic carbocycles. The standard InChI is InChI=1S/C41H52F6N6O10S/c1-8-22-15-21(2)11-9-10-12-23-19-39(23,35(56)52-64(58,59)38(5)13-14-38)51-32(54)27-16-24(20-53(27)34(55)30(22)50-36(57)63-37(3,4)41(45,46)47)62-29-18-26-25(17-28(29)60-6)48-31(40(42,43)44)33(49-26)61-7/h10,12,17-18,21-24,27,30H,8-9,11,13-16,19-20H2,1-7H3,(H,50,57)(H,51,54)(H,52,56)/b12-10-/t21-,22-,23?,24-,27+,30+,39-/m1/s1. The number of allylic oxidation sites excluding steroid dienone is 1. The lowest BCUT2D eigenvalue weighted by Gasteiger charge is -2.35. The third kappa shape index (κ3) is 9.77. The molecule has 3 heterocycles. The molecule has 2 aliphatic heterocycles. The number of amides is 4. The minimum Gasteiger partial charge on any atom is -0.493 e. The number of ether oxygens (including phenoxy) is 4. The fraction of sp³-hybridized carbons (Fsp3) is 0.659. The number of aromatic nitrogens is 2. The lowest BCUT2D eigenvalue weighted by Crippen LogP contribution is -2.60. The fourth-order valence-corrected chi connectivity index (χ4v) is 9.38. The van der Waals surface area contributed by atoms with E-state index in [1.54, 1.807) is 13.0 Å². The Hall–Kier alpha value is -5.09. The molecule has 2 aliphatic carbocycles. The van der Waals surface area contributed by atoms with E-state index in [2.05, 4.69) is 25.3 Å². The van der Waals surface area contributed by atoms with E-state index >= 15 is 0 Å². The van der Waals surface area contributed by atoms with Gasteiger partial charge in [-0.25, -0.2) is 23.2 Å². The summed E-state index contributed by atoms with van der Waals surface area (Å²) in [7, 11) is -1.97. The number of benzene rings is 1. The monoisotopic (exact) mass is 934 g/mol. The van der Waals surface area contributed by atoms with Gasteiger partial charge >= 0.3 is 18.4 Å². The van der Waals surface area contributed by atoms with Crippen LogP contribution in [0.5, 0.6) is 17.4 Å². The van der Waals surface area contributed by atoms with Gasteiger partial charge in [0.2, 0.25) is 39.0 Å². The number of carbonyl (C=O) groups excluding carboxylic acids is 4. The van der Waals surface area contributed by atoms with E-state index in [9.17, 15) is 53.9 Å². The van der Waals surface area contributed by atoms with Gasteiger partial charge in [0.25, 0.3) is 5.91 Å². The van der Waals surface area contributed by atoms with E-state index < -0.39 is 110 Å². The highest BCUT2D eigenvalue weighted by Gasteiger charge is 2.63. The molecule has 4 amide bonds. The maximum absolute atomic E-state index is 15.0. The Bertz CT molecular complexity index is 2310. The molecule has 0 spiro atoms. The van der Waals surface area contributed by atoms with E-state index in [0.29, 0.717) is 46.0 Å². The van der Waals surface area contributed by atoms with Crippen LogP contribution in [0.1, 0.15) is 91.7 Å². The Morgan fingerprint density at radius 2 is 1.66 bits per heavy atom. The van der Waals surface area contributed by atoms with Crippen molar-refractivity contribution in [2.24, 2.45) is 17.8 Å². The number of sulfonamides is 1. The Balaban J connectivity index is 1.39. The second-order valence-corrected chi connectivity index (χ2v) is 19.9. The topological polar surface area (TPSA) is 204 Å². The van der Waals surface area contributed by atoms with E-state index in [-0.39, 0.29) is 47.7 Å². The van der Waals surface area contributed by atoms with Gasteiger partial charge in [-0.15, -0.1) is 0 Å². The van der Waals surface area contributed by atoms with Crippen LogP contribution in [-0.4, -0.2) is 108 Å². The lowest BCUT2D eigenvalue weighted by molar-refractivity contribution is -0.244. The van der Waals surface area contributed by atoms with Crippen molar-refractivity contribution in [3.05, 3.63) is 30.0 Å². The molecular weight excluding hydrogens is 883 g/mol. The average Bonchev–Trinajstić information content (AvgIpc) is 4.08. The molecule has 354 valence electrons. The number of alkyl carbamates (subject to hydrolysis) is 1. The molecule has 2 saturated carbocycles. The highest BCUT2D eigenvalue weighted by Crippen LogP contribution is 2.48. The average molecular weight is 935 g/mol. The summed E-state index contributed by atoms with van der Waals surface area (Å²) < 4.78 is 132. The van der Waals surface area contributed by atoms with Gasteiger partial charge in [0.15, 0.2) is 11.5 Å². The zero-order valence-electron chi connectivity index (χ0n) is 36.2. The van der Waals surface area contributed by atoms with Crippen molar-refractivity contribution in [1.82, 2.24) is 30.2 Å². The van der Waals surface area contributed by atoms with Crippen LogP contribution in [-0.2, 0) is 35.3 Å². The molecule has 3 fully saturated rings. The number of nitrogens with one attached hydrogen (secondary N) is 3. The number of fused-ring (bicyclic) bond motifs is 3. The van der Waals surface area contributed by atoms with Crippen LogP contribution < -0.4 is 29.6 Å². The normalized spacial score (nSPS) is 28.0. The molecule has 7 atom stereocenters. The number of hydrogen-bond donors (Lipinski definition) is 3. The van der Waals surface area contributed by atoms with Gasteiger partial charge in [-0.3, -0.25) is 19.1 Å². The Kier molecular flexibility index (Phi) is 13.1. The molecule has 23 heteroatoms. The lowest BCUT2D eigenvalue weighted by atomic mass is 9.85. The summed E-state index contributed by atoms with van der Waals surface area (Å²) in [6.07, 6.45) is -7.09. The van der Waals surface area contributed by atoms with Crippen LogP contribution >= 0.6 is 0 Å². The fourth-order valence-electron chi connectivity index (χ4n) is 8.07. The number of nitrogens with zero attached hydrogens (tertiary/aromatic N) is 3. The van der Waals surface area contributed by atoms with Crippen LogP contribution in [0.4, 0.5) is 31.1 Å². The smallest absolute Gasteiger partial charge is 0.438 e. The van der Waals surface area contributed by atoms with Crippen LogP contribution in [0.25, 0.3) is 11.0 Å². The van der Waals surface area contributed by atoms with E-state index in [1.165, 1.54) is 20.1 Å². The number of carbonyl (C=O) groups is 4. The zero-order valence-corrected chi connectivity index (χ0v) is 37.1. The molecule has 1 aromatic heterocycles. The molecule has 0 bridgehead atoms. The number of rotatable bonds is 10. The zero-order chi connectivity index (χ0) is 47.4. The highest BCUT2D eigenvalue weighted by atomic mass is 32.2. The first-order valence-corrected chi connectivity index (χ1v) is 22.3. The van der Waals surface area contributed by atoms with Crippen molar-refractivity contribution in [2.45, 2.75) is 132 Å². The van der Waals surface area contributed by atoms with Crippen LogP contribution in [0.15, 0.2) is 24.3 Å². The largest absolute Gasteiger partial charge is 0.493 e. The summed E-state index contributed by atoms with van der Waals surface area (Å²) in [5.41, 5.74) is -6.46. The van der Waals surface area contributed by atoms with Gasteiger partial charge in [0.1, 0.15) is 23.7 Å². The van der Waals surface area contributed by atoms with E-state index in [1.807, 2.05) is 13.0 Å². The molecular formula is C41H52F6N6O10S. The second-order valence-electron chi connectivity index (χ2n) is 17.7. The molecule has 64 heavy (non-hydrogen) atoms. The molecule has 1 saturated heterocycles. The molecule has 2 aromatic rings. The molecule has 3 N–H and O–H groups in total. The van der Waals surface area contributed by atoms with Gasteiger partial charge in [-0.1, -0.05) is 32.4 Å². The summed E-state index contributed by atoms with van der Waals surface area (Å²) in [4.78, 5) is 65.5. The summed E-state index contributed by atoms with van der Waals surface area (Å²) in [6, 6.07) is -0.675. The Morgan fingerprint density at radius 3 is 2.25 bits per heavy atom. The van der Waals surface area contributed by atoms with E-state index in [4.69, 9.17) is 18.9 Å². The predicted molar refractivity (Wildman–Crippen MR) is 215 cm³/mol. The van der Waals surface area contributed by atoms with Crippen molar-refractivity contribution in [3.8, 4) is 17.4 Å². The number of alkyl halides is 6. The third-order valence-corrected chi connectivity index (χ3v) is 14.7. The Morgan fingerprint density at radius 1 is 1.00 bits per heavy atom. The summed E-state index contributed by atoms with van der Waals surface area (Å²) in [6.45, 7) is 6.00. The van der Waals surface area contributed by atoms with Crippen molar-refractivity contribution >= 4 is 44.9 Å². The molecule has 4 aliphatic rings. The highest BCUT2D eigenvalue weighted by molar-refractivity contribution is 7.91. The molecule has 0 radical (unpaired) electrons. The van der Waals surface area contributed by atoms with E-state index in [0.717, 1.165) is 18.1 Å². The molecule has 6 rings (SSSR count). The first-order chi connectivity index (χ1) is 29.7. The molecule has 16 nitrogen and oxygen atoms in total. The van der Waals surface area contributed by atoms with Gasteiger partial charge in [0.05, 0.1) is 36.5 Å². The summed E-state index contributed by atoms with van der Waals surface area (Å²) in [5.74, 6) is -5.26. The van der Waals surface area contributed by atoms with Gasteiger partial charge in [-0.05, 0) is 71.1 Å². The van der Waals surface area contributed by atoms with Crippen molar-refractivity contribution < 1.29 is 72.9 Å². The first-order valence-electron chi connectivity index (χ1n) is 20.8. The minimum atomic E-state index is -4.98. The summed E-state index contributed by atoms with van der Waals surface area (Å²) >= 11 is 0. The maximum atomic E-state index is 15.0. The SMILES string of the molecule is CC[C@@H]1C[C@H](C)CC/C=C\C2C[C@@]2(C(=O)NS(=O)(=O)C2(C)CC2)NC(=O)[C@@H]2C[C@@H](Oc3cc4nc(OC)c(C(F)(F)F)nc4cc3OC)CN2C(=O)[C@H]1NC(=O)OC(C)(C)C(F)(F)F. The summed E-state index contributed by atoms with van der Waals surface area (Å²) in [5, 5.41) is 5.08. The third-order valence-electron chi connectivity index (χ3n) is 12.6. The number of hydrogen-bond acceptors (Lipinski definition) is 12. The minimum absolute atomic E-state index is 0.0151. The van der Waals surface area contributed by atoms with Gasteiger partial charge in [0, 0.05) is 24.5 Å². The quantitative estimate of drug-likeness (QED) is 0.193. The van der Waals surface area contributed by atoms with Gasteiger partial charge < -0.3 is 34.5 Å². The maximum Gasteiger partial charge on any atom is 0.438 e. The molecule has 1 unspecified atom stereocenters. The second kappa shape index (κ2) is 17.4. The number of methoxy groups -OCH3 is 2.